The number of aromatic nitrogens is 2. The number of anilines is 1. The van der Waals surface area contributed by atoms with Crippen LogP contribution in [0.15, 0.2) is 6.07 Å². The second-order valence-electron chi connectivity index (χ2n) is 4.86. The topological polar surface area (TPSA) is 41.0 Å². The largest absolute Gasteiger partial charge is 0.369 e. The summed E-state index contributed by atoms with van der Waals surface area (Å²) in [5, 5.41) is 3.39. The maximum Gasteiger partial charge on any atom is 0.133 e. The van der Waals surface area contributed by atoms with Gasteiger partial charge in [0.2, 0.25) is 0 Å². The molecule has 4 heteroatoms. The number of nitrogens with one attached hydrogen (secondary N) is 1. The third kappa shape index (κ3) is 4.61. The van der Waals surface area contributed by atoms with Crippen molar-refractivity contribution in [3.63, 3.8) is 0 Å². The fourth-order valence-corrected chi connectivity index (χ4v) is 1.82. The predicted molar refractivity (Wildman–Crippen MR) is 77.1 cm³/mol. The van der Waals surface area contributed by atoms with Crippen LogP contribution in [0.25, 0.3) is 0 Å². The molecule has 0 saturated heterocycles. The fraction of sp³-hybridized carbons (Fsp3) is 0.714. The zero-order valence-electron chi connectivity index (χ0n) is 12.3. The van der Waals surface area contributed by atoms with Gasteiger partial charge in [0, 0.05) is 30.8 Å². The molecule has 1 rings (SSSR count). The van der Waals surface area contributed by atoms with Crippen LogP contribution in [0.3, 0.4) is 0 Å². The third-order valence-corrected chi connectivity index (χ3v) is 3.02. The average molecular weight is 250 g/mol. The van der Waals surface area contributed by atoms with E-state index in [2.05, 4.69) is 47.9 Å². The van der Waals surface area contributed by atoms with Crippen molar-refractivity contribution < 1.29 is 0 Å². The standard InChI is InChI=1S/C14H26N4/c1-6-18(7-2)9-8-15-13-10-12(5)16-14(17-13)11(3)4/h10-11H,6-9H2,1-5H3,(H,15,16,17). The zero-order chi connectivity index (χ0) is 13.5. The minimum Gasteiger partial charge on any atom is -0.369 e. The van der Waals surface area contributed by atoms with E-state index in [0.717, 1.165) is 43.5 Å². The van der Waals surface area contributed by atoms with Crippen molar-refractivity contribution in [1.82, 2.24) is 14.9 Å². The van der Waals surface area contributed by atoms with Crippen molar-refractivity contribution in [2.45, 2.75) is 40.5 Å². The van der Waals surface area contributed by atoms with E-state index < -0.39 is 0 Å². The summed E-state index contributed by atoms with van der Waals surface area (Å²) in [4.78, 5) is 11.4. The lowest BCUT2D eigenvalue weighted by Crippen LogP contribution is -2.28. The summed E-state index contributed by atoms with van der Waals surface area (Å²) in [5.41, 5.74) is 1.03. The minimum atomic E-state index is 0.369. The molecule has 0 aliphatic heterocycles. The van der Waals surface area contributed by atoms with Crippen LogP contribution in [0.4, 0.5) is 5.82 Å². The zero-order valence-corrected chi connectivity index (χ0v) is 12.3. The molecule has 0 fully saturated rings. The summed E-state index contributed by atoms with van der Waals surface area (Å²) >= 11 is 0. The van der Waals surface area contributed by atoms with E-state index in [-0.39, 0.29) is 0 Å². The second kappa shape index (κ2) is 7.31. The Morgan fingerprint density at radius 1 is 1.22 bits per heavy atom. The normalized spacial score (nSPS) is 11.3. The second-order valence-corrected chi connectivity index (χ2v) is 4.86. The van der Waals surface area contributed by atoms with Gasteiger partial charge in [0.05, 0.1) is 0 Å². The van der Waals surface area contributed by atoms with E-state index in [1.807, 2.05) is 13.0 Å². The molecular formula is C14H26N4. The Morgan fingerprint density at radius 3 is 2.44 bits per heavy atom. The summed E-state index contributed by atoms with van der Waals surface area (Å²) in [6.45, 7) is 14.8. The summed E-state index contributed by atoms with van der Waals surface area (Å²) in [6, 6.07) is 2.01. The Balaban J connectivity index is 2.56. The molecule has 0 aromatic carbocycles. The van der Waals surface area contributed by atoms with E-state index in [1.54, 1.807) is 0 Å². The molecule has 4 nitrogen and oxygen atoms in total. The molecule has 0 aliphatic rings. The van der Waals surface area contributed by atoms with Crippen LogP contribution in [0.5, 0.6) is 0 Å². The molecule has 1 aromatic rings. The number of likely N-dealkylation sites (N-methyl/N-ethyl adjacent to an activating group) is 1. The van der Waals surface area contributed by atoms with Crippen molar-refractivity contribution >= 4 is 5.82 Å². The van der Waals surface area contributed by atoms with E-state index >= 15 is 0 Å². The molecule has 0 radical (unpaired) electrons. The number of rotatable bonds is 7. The van der Waals surface area contributed by atoms with Gasteiger partial charge < -0.3 is 10.2 Å². The molecule has 0 atom stereocenters. The smallest absolute Gasteiger partial charge is 0.133 e. The van der Waals surface area contributed by atoms with Crippen LogP contribution in [0.1, 0.15) is 45.1 Å². The molecule has 102 valence electrons. The van der Waals surface area contributed by atoms with Crippen LogP contribution in [-0.4, -0.2) is 41.0 Å². The quantitative estimate of drug-likeness (QED) is 0.808. The van der Waals surface area contributed by atoms with Gasteiger partial charge in [-0.3, -0.25) is 0 Å². The molecule has 18 heavy (non-hydrogen) atoms. The highest BCUT2D eigenvalue weighted by Gasteiger charge is 2.06. The summed E-state index contributed by atoms with van der Waals surface area (Å²) in [5.74, 6) is 2.23. The molecule has 1 aromatic heterocycles. The first-order valence-electron chi connectivity index (χ1n) is 6.88. The van der Waals surface area contributed by atoms with Crippen LogP contribution in [0, 0.1) is 6.92 Å². The van der Waals surface area contributed by atoms with E-state index in [4.69, 9.17) is 0 Å². The van der Waals surface area contributed by atoms with Crippen LogP contribution < -0.4 is 5.32 Å². The first-order valence-corrected chi connectivity index (χ1v) is 6.88. The van der Waals surface area contributed by atoms with Gasteiger partial charge in [-0.25, -0.2) is 9.97 Å². The Kier molecular flexibility index (Phi) is 6.05. The molecule has 1 heterocycles. The number of hydrogen-bond acceptors (Lipinski definition) is 4. The number of nitrogens with zero attached hydrogens (tertiary/aromatic N) is 3. The van der Waals surface area contributed by atoms with Crippen molar-refractivity contribution in [2.24, 2.45) is 0 Å². The Bertz CT molecular complexity index is 359. The van der Waals surface area contributed by atoms with Gasteiger partial charge in [-0.15, -0.1) is 0 Å². The molecule has 0 amide bonds. The molecule has 0 spiro atoms. The van der Waals surface area contributed by atoms with Crippen molar-refractivity contribution in [3.8, 4) is 0 Å². The molecule has 0 aliphatic carbocycles. The lowest BCUT2D eigenvalue weighted by molar-refractivity contribution is 0.316. The van der Waals surface area contributed by atoms with E-state index in [9.17, 15) is 0 Å². The third-order valence-electron chi connectivity index (χ3n) is 3.02. The predicted octanol–water partition coefficient (Wildman–Crippen LogP) is 2.66. The molecule has 0 unspecified atom stereocenters. The van der Waals surface area contributed by atoms with Gasteiger partial charge in [0.25, 0.3) is 0 Å². The maximum atomic E-state index is 4.54. The summed E-state index contributed by atoms with van der Waals surface area (Å²) < 4.78 is 0. The van der Waals surface area contributed by atoms with Crippen LogP contribution >= 0.6 is 0 Å². The van der Waals surface area contributed by atoms with Gasteiger partial charge in [-0.1, -0.05) is 27.7 Å². The van der Waals surface area contributed by atoms with Crippen molar-refractivity contribution in [2.75, 3.05) is 31.5 Å². The molecule has 1 N–H and O–H groups in total. The van der Waals surface area contributed by atoms with Gasteiger partial charge >= 0.3 is 0 Å². The van der Waals surface area contributed by atoms with Gasteiger partial charge in [0.15, 0.2) is 0 Å². The Hall–Kier alpha value is -1.16. The summed E-state index contributed by atoms with van der Waals surface area (Å²) in [7, 11) is 0. The highest BCUT2D eigenvalue weighted by Crippen LogP contribution is 2.13. The average Bonchev–Trinajstić information content (AvgIpc) is 2.34. The number of hydrogen-bond donors (Lipinski definition) is 1. The highest BCUT2D eigenvalue weighted by atomic mass is 15.1. The van der Waals surface area contributed by atoms with Crippen molar-refractivity contribution in [3.05, 3.63) is 17.6 Å². The first kappa shape index (κ1) is 14.9. The Morgan fingerprint density at radius 2 is 1.89 bits per heavy atom. The SMILES string of the molecule is CCN(CC)CCNc1cc(C)nc(C(C)C)n1. The van der Waals surface area contributed by atoms with Gasteiger partial charge in [0.1, 0.15) is 11.6 Å². The van der Waals surface area contributed by atoms with E-state index in [0.29, 0.717) is 5.92 Å². The van der Waals surface area contributed by atoms with Crippen LogP contribution in [0.2, 0.25) is 0 Å². The minimum absolute atomic E-state index is 0.369. The van der Waals surface area contributed by atoms with Gasteiger partial charge in [-0.2, -0.15) is 0 Å². The van der Waals surface area contributed by atoms with Gasteiger partial charge in [-0.05, 0) is 20.0 Å². The lowest BCUT2D eigenvalue weighted by atomic mass is 10.2. The fourth-order valence-electron chi connectivity index (χ4n) is 1.82. The number of aryl methyl sites for hydroxylation is 1. The first-order chi connectivity index (χ1) is 8.56. The highest BCUT2D eigenvalue weighted by molar-refractivity contribution is 5.36. The van der Waals surface area contributed by atoms with E-state index in [1.165, 1.54) is 0 Å². The maximum absolute atomic E-state index is 4.54. The van der Waals surface area contributed by atoms with Crippen LogP contribution in [-0.2, 0) is 0 Å². The molecule has 0 bridgehead atoms. The van der Waals surface area contributed by atoms with Crippen molar-refractivity contribution in [1.29, 1.82) is 0 Å². The Labute approximate surface area is 111 Å². The molecule has 0 saturated carbocycles. The lowest BCUT2D eigenvalue weighted by Gasteiger charge is -2.18. The summed E-state index contributed by atoms with van der Waals surface area (Å²) in [6.07, 6.45) is 0. The molecular weight excluding hydrogens is 224 g/mol. The monoisotopic (exact) mass is 250 g/mol.